The van der Waals surface area contributed by atoms with Gasteiger partial charge in [0.15, 0.2) is 11.8 Å². The van der Waals surface area contributed by atoms with Crippen molar-refractivity contribution in [2.75, 3.05) is 11.9 Å². The molecule has 0 spiro atoms. The SMILES string of the molecule is CCOc1ccc(NC(=O)[C@H](C)OC(=O)c2nn(C)c(=O)c3ccccc23)cc1. The van der Waals surface area contributed by atoms with Gasteiger partial charge >= 0.3 is 5.97 Å². The lowest BCUT2D eigenvalue weighted by Gasteiger charge is -2.14. The normalized spacial score (nSPS) is 11.7. The Bertz CT molecular complexity index is 1110. The van der Waals surface area contributed by atoms with E-state index in [1.165, 1.54) is 14.0 Å². The Kier molecular flexibility index (Phi) is 5.92. The van der Waals surface area contributed by atoms with Crippen molar-refractivity contribution in [3.8, 4) is 5.75 Å². The summed E-state index contributed by atoms with van der Waals surface area (Å²) in [6.45, 7) is 3.90. The lowest BCUT2D eigenvalue weighted by molar-refractivity contribution is -0.123. The van der Waals surface area contributed by atoms with Crippen LogP contribution in [0.15, 0.2) is 53.3 Å². The monoisotopic (exact) mass is 395 g/mol. The number of esters is 1. The summed E-state index contributed by atoms with van der Waals surface area (Å²) < 4.78 is 11.7. The van der Waals surface area contributed by atoms with Crippen LogP contribution >= 0.6 is 0 Å². The first-order valence-corrected chi connectivity index (χ1v) is 9.11. The van der Waals surface area contributed by atoms with Crippen LogP contribution in [0.5, 0.6) is 5.75 Å². The number of carbonyl (C=O) groups excluding carboxylic acids is 2. The Morgan fingerprint density at radius 3 is 2.41 bits per heavy atom. The third-order valence-electron chi connectivity index (χ3n) is 4.24. The number of aryl methyl sites for hydroxylation is 1. The van der Waals surface area contributed by atoms with E-state index in [4.69, 9.17) is 9.47 Å². The van der Waals surface area contributed by atoms with Crippen LogP contribution in [0.1, 0.15) is 24.3 Å². The third kappa shape index (κ3) is 4.43. The van der Waals surface area contributed by atoms with Crippen molar-refractivity contribution in [2.24, 2.45) is 7.05 Å². The van der Waals surface area contributed by atoms with Crippen LogP contribution in [0.25, 0.3) is 10.8 Å². The van der Waals surface area contributed by atoms with Crippen molar-refractivity contribution >= 4 is 28.3 Å². The summed E-state index contributed by atoms with van der Waals surface area (Å²) in [4.78, 5) is 37.2. The smallest absolute Gasteiger partial charge is 0.360 e. The van der Waals surface area contributed by atoms with Gasteiger partial charge in [-0.05, 0) is 44.2 Å². The van der Waals surface area contributed by atoms with Crippen LogP contribution in [-0.4, -0.2) is 34.4 Å². The molecule has 0 saturated carbocycles. The number of ether oxygens (including phenoxy) is 2. The van der Waals surface area contributed by atoms with Gasteiger partial charge in [0, 0.05) is 18.1 Å². The highest BCUT2D eigenvalue weighted by Gasteiger charge is 2.23. The van der Waals surface area contributed by atoms with Gasteiger partial charge in [0.05, 0.1) is 12.0 Å². The number of rotatable bonds is 6. The fourth-order valence-electron chi connectivity index (χ4n) is 2.77. The van der Waals surface area contributed by atoms with Gasteiger partial charge in [0.25, 0.3) is 11.5 Å². The summed E-state index contributed by atoms with van der Waals surface area (Å²) >= 11 is 0. The molecule has 8 heteroatoms. The highest BCUT2D eigenvalue weighted by Crippen LogP contribution is 2.17. The van der Waals surface area contributed by atoms with Crippen molar-refractivity contribution in [3.63, 3.8) is 0 Å². The first kappa shape index (κ1) is 20.1. The first-order chi connectivity index (χ1) is 13.9. The highest BCUT2D eigenvalue weighted by molar-refractivity contribution is 6.03. The summed E-state index contributed by atoms with van der Waals surface area (Å²) in [5.41, 5.74) is 0.203. The van der Waals surface area contributed by atoms with E-state index in [2.05, 4.69) is 10.4 Å². The largest absolute Gasteiger partial charge is 0.494 e. The molecule has 0 unspecified atom stereocenters. The van der Waals surface area contributed by atoms with Crippen LogP contribution < -0.4 is 15.6 Å². The molecule has 1 amide bonds. The van der Waals surface area contributed by atoms with Gasteiger partial charge in [-0.2, -0.15) is 5.10 Å². The maximum Gasteiger partial charge on any atom is 0.360 e. The molecule has 1 heterocycles. The molecule has 3 aromatic rings. The molecule has 0 aliphatic carbocycles. The Balaban J connectivity index is 1.73. The van der Waals surface area contributed by atoms with Gasteiger partial charge in [-0.25, -0.2) is 9.48 Å². The van der Waals surface area contributed by atoms with E-state index in [-0.39, 0.29) is 11.3 Å². The zero-order chi connectivity index (χ0) is 21.0. The molecule has 150 valence electrons. The number of hydrogen-bond acceptors (Lipinski definition) is 6. The van der Waals surface area contributed by atoms with Crippen molar-refractivity contribution in [3.05, 3.63) is 64.6 Å². The highest BCUT2D eigenvalue weighted by atomic mass is 16.5. The molecule has 8 nitrogen and oxygen atoms in total. The molecular weight excluding hydrogens is 374 g/mol. The van der Waals surface area contributed by atoms with Crippen LogP contribution in [-0.2, 0) is 16.6 Å². The van der Waals surface area contributed by atoms with E-state index < -0.39 is 18.0 Å². The number of anilines is 1. The zero-order valence-electron chi connectivity index (χ0n) is 16.3. The van der Waals surface area contributed by atoms with E-state index in [1.54, 1.807) is 48.5 Å². The van der Waals surface area contributed by atoms with Gasteiger partial charge < -0.3 is 14.8 Å². The van der Waals surface area contributed by atoms with Gasteiger partial charge in [-0.1, -0.05) is 18.2 Å². The third-order valence-corrected chi connectivity index (χ3v) is 4.24. The van der Waals surface area contributed by atoms with Gasteiger partial charge in [-0.15, -0.1) is 0 Å². The predicted octanol–water partition coefficient (Wildman–Crippen LogP) is 2.52. The molecule has 0 fully saturated rings. The molecule has 1 N–H and O–H groups in total. The van der Waals surface area contributed by atoms with Crippen molar-refractivity contribution in [1.29, 1.82) is 0 Å². The molecule has 1 atom stereocenters. The molecule has 2 aromatic carbocycles. The average Bonchev–Trinajstić information content (AvgIpc) is 2.72. The fraction of sp³-hybridized carbons (Fsp3) is 0.238. The van der Waals surface area contributed by atoms with Gasteiger partial charge in [-0.3, -0.25) is 9.59 Å². The molecule has 1 aromatic heterocycles. The van der Waals surface area contributed by atoms with E-state index in [0.717, 1.165) is 4.68 Å². The van der Waals surface area contributed by atoms with Gasteiger partial charge in [0.2, 0.25) is 0 Å². The Morgan fingerprint density at radius 1 is 1.10 bits per heavy atom. The summed E-state index contributed by atoms with van der Waals surface area (Å²) in [6, 6.07) is 13.5. The average molecular weight is 395 g/mol. The Hall–Kier alpha value is -3.68. The molecule has 0 bridgehead atoms. The van der Waals surface area contributed by atoms with Crippen LogP contribution in [0, 0.1) is 0 Å². The summed E-state index contributed by atoms with van der Waals surface area (Å²) in [5.74, 6) is -0.583. The number of nitrogens with one attached hydrogen (secondary N) is 1. The quantitative estimate of drug-likeness (QED) is 0.644. The number of amides is 1. The minimum atomic E-state index is -1.06. The summed E-state index contributed by atoms with van der Waals surface area (Å²) in [7, 11) is 1.45. The molecule has 0 radical (unpaired) electrons. The minimum absolute atomic E-state index is 0.0246. The fourth-order valence-corrected chi connectivity index (χ4v) is 2.77. The van der Waals surface area contributed by atoms with Crippen LogP contribution in [0.3, 0.4) is 0 Å². The maximum absolute atomic E-state index is 12.6. The zero-order valence-corrected chi connectivity index (χ0v) is 16.3. The standard InChI is InChI=1S/C21H21N3O5/c1-4-28-15-11-9-14(10-12-15)22-19(25)13(2)29-21(27)18-16-7-5-6-8-17(16)20(26)24(3)23-18/h5-13H,4H2,1-3H3,(H,22,25)/t13-/m0/s1. The Labute approximate surface area is 167 Å². The van der Waals surface area contributed by atoms with Crippen molar-refractivity contribution in [1.82, 2.24) is 9.78 Å². The molecule has 3 rings (SSSR count). The van der Waals surface area contributed by atoms with Crippen molar-refractivity contribution in [2.45, 2.75) is 20.0 Å². The lowest BCUT2D eigenvalue weighted by atomic mass is 10.1. The second kappa shape index (κ2) is 8.55. The molecule has 0 saturated heterocycles. The van der Waals surface area contributed by atoms with Crippen LogP contribution in [0.4, 0.5) is 5.69 Å². The predicted molar refractivity (Wildman–Crippen MR) is 108 cm³/mol. The first-order valence-electron chi connectivity index (χ1n) is 9.11. The number of hydrogen-bond donors (Lipinski definition) is 1. The topological polar surface area (TPSA) is 99.5 Å². The molecule has 0 aliphatic rings. The second-order valence-corrected chi connectivity index (χ2v) is 6.32. The number of nitrogens with zero attached hydrogens (tertiary/aromatic N) is 2. The number of benzene rings is 2. The van der Waals surface area contributed by atoms with Crippen molar-refractivity contribution < 1.29 is 19.1 Å². The molecule has 0 aliphatic heterocycles. The summed E-state index contributed by atoms with van der Waals surface area (Å²) in [6.07, 6.45) is -1.06. The lowest BCUT2D eigenvalue weighted by Crippen LogP contribution is -2.31. The van der Waals surface area contributed by atoms with Gasteiger partial charge in [0.1, 0.15) is 5.75 Å². The van der Waals surface area contributed by atoms with E-state index in [1.807, 2.05) is 6.92 Å². The number of fused-ring (bicyclic) bond motifs is 1. The number of carbonyl (C=O) groups is 2. The summed E-state index contributed by atoms with van der Waals surface area (Å²) in [5, 5.41) is 7.41. The number of aromatic nitrogens is 2. The minimum Gasteiger partial charge on any atom is -0.494 e. The molecule has 29 heavy (non-hydrogen) atoms. The van der Waals surface area contributed by atoms with Crippen LogP contribution in [0.2, 0.25) is 0 Å². The Morgan fingerprint density at radius 2 is 1.76 bits per heavy atom. The van der Waals surface area contributed by atoms with E-state index in [0.29, 0.717) is 28.8 Å². The van der Waals surface area contributed by atoms with E-state index in [9.17, 15) is 14.4 Å². The molecular formula is C21H21N3O5. The second-order valence-electron chi connectivity index (χ2n) is 6.32. The maximum atomic E-state index is 12.6. The van der Waals surface area contributed by atoms with E-state index >= 15 is 0 Å².